The first-order chi connectivity index (χ1) is 9.95. The quantitative estimate of drug-likeness (QED) is 0.610. The van der Waals surface area contributed by atoms with Crippen molar-refractivity contribution in [2.75, 3.05) is 26.8 Å². The van der Waals surface area contributed by atoms with E-state index in [2.05, 4.69) is 4.74 Å². The van der Waals surface area contributed by atoms with Gasteiger partial charge in [-0.3, -0.25) is 4.79 Å². The Morgan fingerprint density at radius 1 is 1.57 bits per heavy atom. The number of nitrogens with zero attached hydrogens (tertiary/aromatic N) is 2. The predicted octanol–water partition coefficient (Wildman–Crippen LogP) is 0.662. The van der Waals surface area contributed by atoms with Crippen molar-refractivity contribution in [1.29, 1.82) is 5.26 Å². The van der Waals surface area contributed by atoms with E-state index in [9.17, 15) is 13.2 Å². The second kappa shape index (κ2) is 8.32. The minimum absolute atomic E-state index is 0.00699. The molecule has 0 aromatic heterocycles. The lowest BCUT2D eigenvalue weighted by atomic mass is 10.2. The summed E-state index contributed by atoms with van der Waals surface area (Å²) in [5, 5.41) is 7.92. The van der Waals surface area contributed by atoms with Crippen molar-refractivity contribution in [3.8, 4) is 6.07 Å². The molecule has 0 N–H and O–H groups in total. The third-order valence-corrected chi connectivity index (χ3v) is 5.67. The maximum absolute atomic E-state index is 12.5. The molecule has 1 aliphatic rings. The SMILES string of the molecule is CCC(C#N)S(=O)(=O)N(CCC(=O)OC)CC1CCCO1. The Bertz CT molecular complexity index is 479. The van der Waals surface area contributed by atoms with Crippen molar-refractivity contribution in [3.05, 3.63) is 0 Å². The lowest BCUT2D eigenvalue weighted by molar-refractivity contribution is -0.140. The zero-order chi connectivity index (χ0) is 15.9. The van der Waals surface area contributed by atoms with Gasteiger partial charge >= 0.3 is 5.97 Å². The monoisotopic (exact) mass is 318 g/mol. The van der Waals surface area contributed by atoms with Gasteiger partial charge in [0.05, 0.1) is 25.7 Å². The molecule has 0 aromatic carbocycles. The van der Waals surface area contributed by atoms with Gasteiger partial charge in [0, 0.05) is 19.7 Å². The van der Waals surface area contributed by atoms with Crippen LogP contribution in [0, 0.1) is 11.3 Å². The molecule has 0 aromatic rings. The van der Waals surface area contributed by atoms with Crippen LogP contribution in [0.2, 0.25) is 0 Å². The van der Waals surface area contributed by atoms with E-state index in [1.54, 1.807) is 6.92 Å². The predicted molar refractivity (Wildman–Crippen MR) is 75.8 cm³/mol. The third kappa shape index (κ3) is 4.95. The van der Waals surface area contributed by atoms with Gasteiger partial charge in [0.25, 0.3) is 0 Å². The van der Waals surface area contributed by atoms with Crippen molar-refractivity contribution in [2.24, 2.45) is 0 Å². The van der Waals surface area contributed by atoms with E-state index in [0.29, 0.717) is 6.61 Å². The maximum Gasteiger partial charge on any atom is 0.306 e. The average Bonchev–Trinajstić information content (AvgIpc) is 2.96. The van der Waals surface area contributed by atoms with Crippen LogP contribution in [0.1, 0.15) is 32.6 Å². The minimum atomic E-state index is -3.77. The summed E-state index contributed by atoms with van der Waals surface area (Å²) in [6.07, 6.45) is 1.68. The molecule has 2 unspecified atom stereocenters. The van der Waals surface area contributed by atoms with Crippen LogP contribution < -0.4 is 0 Å². The highest BCUT2D eigenvalue weighted by molar-refractivity contribution is 7.90. The van der Waals surface area contributed by atoms with Crippen molar-refractivity contribution in [2.45, 2.75) is 44.0 Å². The molecule has 0 aliphatic carbocycles. The number of hydrogen-bond acceptors (Lipinski definition) is 6. The van der Waals surface area contributed by atoms with Crippen LogP contribution in [0.3, 0.4) is 0 Å². The van der Waals surface area contributed by atoms with E-state index >= 15 is 0 Å². The average molecular weight is 318 g/mol. The summed E-state index contributed by atoms with van der Waals surface area (Å²) in [7, 11) is -2.51. The van der Waals surface area contributed by atoms with Gasteiger partial charge in [0.2, 0.25) is 10.0 Å². The standard InChI is InChI=1S/C13H22N2O5S/c1-3-12(9-14)21(17,18)15(7-6-13(16)19-2)10-11-5-4-8-20-11/h11-12H,3-8,10H2,1-2H3. The Morgan fingerprint density at radius 3 is 2.76 bits per heavy atom. The van der Waals surface area contributed by atoms with Crippen LogP contribution >= 0.6 is 0 Å². The van der Waals surface area contributed by atoms with Gasteiger partial charge in [-0.05, 0) is 19.3 Å². The Labute approximate surface area is 125 Å². The number of hydrogen-bond donors (Lipinski definition) is 0. The molecule has 1 saturated heterocycles. The highest BCUT2D eigenvalue weighted by atomic mass is 32.2. The molecule has 2 atom stereocenters. The molecule has 0 amide bonds. The fourth-order valence-electron chi connectivity index (χ4n) is 2.20. The Kier molecular flexibility index (Phi) is 7.08. The molecule has 1 rings (SSSR count). The van der Waals surface area contributed by atoms with Gasteiger partial charge in [-0.15, -0.1) is 0 Å². The van der Waals surface area contributed by atoms with Gasteiger partial charge in [-0.1, -0.05) is 6.92 Å². The van der Waals surface area contributed by atoms with Crippen molar-refractivity contribution < 1.29 is 22.7 Å². The highest BCUT2D eigenvalue weighted by Gasteiger charge is 2.33. The second-order valence-electron chi connectivity index (χ2n) is 4.89. The summed E-state index contributed by atoms with van der Waals surface area (Å²) in [4.78, 5) is 11.2. The van der Waals surface area contributed by atoms with E-state index in [4.69, 9.17) is 10.00 Å². The summed E-state index contributed by atoms with van der Waals surface area (Å²) in [6, 6.07) is 1.81. The zero-order valence-electron chi connectivity index (χ0n) is 12.4. The fourth-order valence-corrected chi connectivity index (χ4v) is 3.84. The van der Waals surface area contributed by atoms with Gasteiger partial charge in [0.15, 0.2) is 5.25 Å². The lowest BCUT2D eigenvalue weighted by Crippen LogP contribution is -2.43. The van der Waals surface area contributed by atoms with Crippen molar-refractivity contribution in [3.63, 3.8) is 0 Å². The molecule has 1 heterocycles. The van der Waals surface area contributed by atoms with E-state index < -0.39 is 21.2 Å². The second-order valence-corrected chi connectivity index (χ2v) is 7.01. The summed E-state index contributed by atoms with van der Waals surface area (Å²) < 4.78 is 36.1. The van der Waals surface area contributed by atoms with Crippen LogP contribution in [0.25, 0.3) is 0 Å². The smallest absolute Gasteiger partial charge is 0.306 e. The molecule has 0 spiro atoms. The number of carbonyl (C=O) groups excluding carboxylic acids is 1. The summed E-state index contributed by atoms with van der Waals surface area (Å²) in [6.45, 7) is 2.45. The van der Waals surface area contributed by atoms with Crippen LogP contribution in [0.5, 0.6) is 0 Å². The zero-order valence-corrected chi connectivity index (χ0v) is 13.3. The minimum Gasteiger partial charge on any atom is -0.469 e. The molecule has 7 nitrogen and oxygen atoms in total. The first kappa shape index (κ1) is 17.9. The first-order valence-corrected chi connectivity index (χ1v) is 8.53. The van der Waals surface area contributed by atoms with Crippen molar-refractivity contribution >= 4 is 16.0 Å². The molecular weight excluding hydrogens is 296 g/mol. The van der Waals surface area contributed by atoms with Gasteiger partial charge < -0.3 is 9.47 Å². The Balaban J connectivity index is 2.83. The number of rotatable bonds is 8. The molecule has 0 saturated carbocycles. The van der Waals surface area contributed by atoms with Crippen LogP contribution in [-0.2, 0) is 24.3 Å². The van der Waals surface area contributed by atoms with Gasteiger partial charge in [-0.25, -0.2) is 8.42 Å². The number of ether oxygens (including phenoxy) is 2. The molecule has 120 valence electrons. The number of sulfonamides is 1. The molecule has 0 radical (unpaired) electrons. The molecule has 1 aliphatic heterocycles. The molecular formula is C13H22N2O5S. The Morgan fingerprint density at radius 2 is 2.29 bits per heavy atom. The summed E-state index contributed by atoms with van der Waals surface area (Å²) in [5.41, 5.74) is 0. The molecule has 1 fully saturated rings. The molecule has 8 heteroatoms. The van der Waals surface area contributed by atoms with Gasteiger partial charge in [0.1, 0.15) is 0 Å². The van der Waals surface area contributed by atoms with E-state index in [0.717, 1.165) is 12.8 Å². The lowest BCUT2D eigenvalue weighted by Gasteiger charge is -2.26. The summed E-state index contributed by atoms with van der Waals surface area (Å²) in [5.74, 6) is -0.479. The van der Waals surface area contributed by atoms with E-state index in [1.165, 1.54) is 11.4 Å². The van der Waals surface area contributed by atoms with Gasteiger partial charge in [-0.2, -0.15) is 9.57 Å². The third-order valence-electron chi connectivity index (χ3n) is 3.46. The highest BCUT2D eigenvalue weighted by Crippen LogP contribution is 2.19. The van der Waals surface area contributed by atoms with Crippen LogP contribution in [0.4, 0.5) is 0 Å². The fraction of sp³-hybridized carbons (Fsp3) is 0.846. The van der Waals surface area contributed by atoms with E-state index in [1.807, 2.05) is 6.07 Å². The Hall–Kier alpha value is -1.17. The number of nitriles is 1. The summed E-state index contributed by atoms with van der Waals surface area (Å²) >= 11 is 0. The molecule has 21 heavy (non-hydrogen) atoms. The first-order valence-electron chi connectivity index (χ1n) is 7.02. The number of methoxy groups -OCH3 is 1. The topological polar surface area (TPSA) is 96.7 Å². The van der Waals surface area contributed by atoms with E-state index in [-0.39, 0.29) is 32.0 Å². The molecule has 0 bridgehead atoms. The van der Waals surface area contributed by atoms with Crippen LogP contribution in [0.15, 0.2) is 0 Å². The van der Waals surface area contributed by atoms with Crippen LogP contribution in [-0.4, -0.2) is 56.9 Å². The van der Waals surface area contributed by atoms with Crippen molar-refractivity contribution in [1.82, 2.24) is 4.31 Å². The normalized spacial score (nSPS) is 20.2. The number of esters is 1. The number of carbonyl (C=O) groups is 1. The largest absolute Gasteiger partial charge is 0.469 e. The maximum atomic E-state index is 12.5.